The molecule has 0 radical (unpaired) electrons. The van der Waals surface area contributed by atoms with Crippen LogP contribution in [0.5, 0.6) is 0 Å². The van der Waals surface area contributed by atoms with Crippen LogP contribution < -0.4 is 0 Å². The van der Waals surface area contributed by atoms with Crippen molar-refractivity contribution in [2.24, 2.45) is 0 Å². The summed E-state index contributed by atoms with van der Waals surface area (Å²) in [5, 5.41) is 0. The quantitative estimate of drug-likeness (QED) is 0.305. The lowest BCUT2D eigenvalue weighted by Gasteiger charge is -2.12. The van der Waals surface area contributed by atoms with Crippen molar-refractivity contribution in [3.63, 3.8) is 0 Å². The highest BCUT2D eigenvalue weighted by atomic mass is 16.6. The Morgan fingerprint density at radius 2 is 1.19 bits per heavy atom. The molecule has 1 atom stereocenters. The zero-order valence-electron chi connectivity index (χ0n) is 14.5. The van der Waals surface area contributed by atoms with E-state index in [1.807, 2.05) is 0 Å². The Labute approximate surface area is 131 Å². The van der Waals surface area contributed by atoms with Crippen LogP contribution in [0.15, 0.2) is 0 Å². The minimum Gasteiger partial charge on any atom is -0.467 e. The zero-order valence-corrected chi connectivity index (χ0v) is 14.5. The van der Waals surface area contributed by atoms with Gasteiger partial charge in [-0.25, -0.2) is 4.79 Å². The lowest BCUT2D eigenvalue weighted by Crippen LogP contribution is -2.24. The Bertz CT molecular complexity index is 229. The van der Waals surface area contributed by atoms with E-state index in [9.17, 15) is 4.79 Å². The van der Waals surface area contributed by atoms with Gasteiger partial charge < -0.3 is 9.47 Å². The normalized spacial score (nSPS) is 12.3. The molecule has 0 bridgehead atoms. The van der Waals surface area contributed by atoms with Gasteiger partial charge >= 0.3 is 5.97 Å². The van der Waals surface area contributed by atoms with Crippen LogP contribution in [0.3, 0.4) is 0 Å². The molecule has 0 aromatic rings. The van der Waals surface area contributed by atoms with Gasteiger partial charge in [0.1, 0.15) is 0 Å². The first-order valence-electron chi connectivity index (χ1n) is 8.86. The van der Waals surface area contributed by atoms with Crippen LogP contribution in [0.1, 0.15) is 90.4 Å². The van der Waals surface area contributed by atoms with Crippen LogP contribution >= 0.6 is 0 Å². The third kappa shape index (κ3) is 12.9. The van der Waals surface area contributed by atoms with Gasteiger partial charge in [0.25, 0.3) is 0 Å². The second-order valence-corrected chi connectivity index (χ2v) is 5.93. The third-order valence-corrected chi connectivity index (χ3v) is 4.07. The Morgan fingerprint density at radius 3 is 1.57 bits per heavy atom. The largest absolute Gasteiger partial charge is 0.467 e. The molecule has 0 amide bonds. The highest BCUT2D eigenvalue weighted by Gasteiger charge is 2.17. The van der Waals surface area contributed by atoms with Crippen molar-refractivity contribution in [2.75, 3.05) is 14.2 Å². The maximum absolute atomic E-state index is 11.3. The summed E-state index contributed by atoms with van der Waals surface area (Å²) in [6, 6.07) is 0. The molecule has 0 saturated heterocycles. The minimum atomic E-state index is -0.377. The number of methoxy groups -OCH3 is 2. The van der Waals surface area contributed by atoms with E-state index in [2.05, 4.69) is 6.92 Å². The third-order valence-electron chi connectivity index (χ3n) is 4.07. The summed E-state index contributed by atoms with van der Waals surface area (Å²) < 4.78 is 9.83. The molecule has 0 N–H and O–H groups in total. The molecular weight excluding hydrogens is 264 g/mol. The fourth-order valence-corrected chi connectivity index (χ4v) is 2.63. The smallest absolute Gasteiger partial charge is 0.334 e. The molecule has 0 unspecified atom stereocenters. The number of rotatable bonds is 15. The predicted octanol–water partition coefficient (Wildman–Crippen LogP) is 5.27. The Kier molecular flexibility index (Phi) is 15.4. The van der Waals surface area contributed by atoms with Gasteiger partial charge in [0.05, 0.1) is 7.11 Å². The van der Waals surface area contributed by atoms with Gasteiger partial charge in [-0.3, -0.25) is 0 Å². The molecular formula is C18H36O3. The standard InChI is InChI=1S/C18H36O3/c1-4-5-6-7-8-9-10-11-12-13-14-15-16-17(20-2)18(19)21-3/h17H,4-16H2,1-3H3/t17-/m0/s1. The van der Waals surface area contributed by atoms with Crippen molar-refractivity contribution in [1.29, 1.82) is 0 Å². The summed E-state index contributed by atoms with van der Waals surface area (Å²) in [7, 11) is 2.98. The summed E-state index contributed by atoms with van der Waals surface area (Å²) in [4.78, 5) is 11.3. The summed E-state index contributed by atoms with van der Waals surface area (Å²) in [6.45, 7) is 2.26. The van der Waals surface area contributed by atoms with Gasteiger partial charge in [-0.1, -0.05) is 84.0 Å². The Morgan fingerprint density at radius 1 is 0.762 bits per heavy atom. The van der Waals surface area contributed by atoms with Crippen LogP contribution in [0.2, 0.25) is 0 Å². The van der Waals surface area contributed by atoms with Crippen molar-refractivity contribution >= 4 is 5.97 Å². The first-order valence-corrected chi connectivity index (χ1v) is 8.86. The van der Waals surface area contributed by atoms with Gasteiger partial charge in [0, 0.05) is 7.11 Å². The minimum absolute atomic E-state index is 0.249. The maximum Gasteiger partial charge on any atom is 0.334 e. The molecule has 126 valence electrons. The molecule has 0 rings (SSSR count). The van der Waals surface area contributed by atoms with Crippen molar-refractivity contribution in [3.05, 3.63) is 0 Å². The van der Waals surface area contributed by atoms with Crippen molar-refractivity contribution in [3.8, 4) is 0 Å². The summed E-state index contributed by atoms with van der Waals surface area (Å²) in [5.41, 5.74) is 0. The fraction of sp³-hybridized carbons (Fsp3) is 0.944. The highest BCUT2D eigenvalue weighted by Crippen LogP contribution is 2.13. The van der Waals surface area contributed by atoms with E-state index in [0.29, 0.717) is 0 Å². The molecule has 0 aliphatic heterocycles. The van der Waals surface area contributed by atoms with E-state index in [-0.39, 0.29) is 12.1 Å². The van der Waals surface area contributed by atoms with Crippen LogP contribution in [-0.2, 0) is 14.3 Å². The topological polar surface area (TPSA) is 35.5 Å². The van der Waals surface area contributed by atoms with E-state index in [1.54, 1.807) is 7.11 Å². The van der Waals surface area contributed by atoms with E-state index < -0.39 is 0 Å². The summed E-state index contributed by atoms with van der Waals surface area (Å²) in [6.07, 6.45) is 16.3. The summed E-state index contributed by atoms with van der Waals surface area (Å²) in [5.74, 6) is -0.249. The van der Waals surface area contributed by atoms with E-state index in [1.165, 1.54) is 77.7 Å². The van der Waals surface area contributed by atoms with Gasteiger partial charge in [-0.05, 0) is 6.42 Å². The van der Waals surface area contributed by atoms with Crippen molar-refractivity contribution < 1.29 is 14.3 Å². The molecule has 0 spiro atoms. The maximum atomic E-state index is 11.3. The molecule has 3 nitrogen and oxygen atoms in total. The number of hydrogen-bond donors (Lipinski definition) is 0. The molecule has 0 aliphatic rings. The zero-order chi connectivity index (χ0) is 15.8. The molecule has 0 aliphatic carbocycles. The Hall–Kier alpha value is -0.570. The molecule has 0 saturated carbocycles. The van der Waals surface area contributed by atoms with Gasteiger partial charge in [-0.15, -0.1) is 0 Å². The number of ether oxygens (including phenoxy) is 2. The van der Waals surface area contributed by atoms with Gasteiger partial charge in [0.15, 0.2) is 6.10 Å². The lowest BCUT2D eigenvalue weighted by molar-refractivity contribution is -0.152. The molecule has 0 aromatic heterocycles. The molecule has 0 aromatic carbocycles. The van der Waals surface area contributed by atoms with E-state index in [4.69, 9.17) is 9.47 Å². The van der Waals surface area contributed by atoms with Crippen molar-refractivity contribution in [2.45, 2.75) is 96.5 Å². The Balaban J connectivity index is 3.23. The number of carbonyl (C=O) groups excluding carboxylic acids is 1. The second kappa shape index (κ2) is 15.8. The average molecular weight is 300 g/mol. The number of unbranched alkanes of at least 4 members (excludes halogenated alkanes) is 11. The second-order valence-electron chi connectivity index (χ2n) is 5.93. The average Bonchev–Trinajstić information content (AvgIpc) is 2.51. The monoisotopic (exact) mass is 300 g/mol. The number of carbonyl (C=O) groups is 1. The van der Waals surface area contributed by atoms with Crippen LogP contribution in [0.4, 0.5) is 0 Å². The molecule has 0 fully saturated rings. The number of esters is 1. The SMILES string of the molecule is CCCCCCCCCCCCCC[C@H](OC)C(=O)OC. The first-order chi connectivity index (χ1) is 10.3. The fourth-order valence-electron chi connectivity index (χ4n) is 2.63. The highest BCUT2D eigenvalue weighted by molar-refractivity contribution is 5.74. The van der Waals surface area contributed by atoms with Crippen LogP contribution in [0.25, 0.3) is 0 Å². The molecule has 3 heteroatoms. The van der Waals surface area contributed by atoms with Crippen LogP contribution in [0, 0.1) is 0 Å². The first kappa shape index (κ1) is 20.4. The predicted molar refractivity (Wildman–Crippen MR) is 88.5 cm³/mol. The van der Waals surface area contributed by atoms with Gasteiger partial charge in [0.2, 0.25) is 0 Å². The van der Waals surface area contributed by atoms with Crippen LogP contribution in [-0.4, -0.2) is 26.3 Å². The van der Waals surface area contributed by atoms with Crippen molar-refractivity contribution in [1.82, 2.24) is 0 Å². The van der Waals surface area contributed by atoms with E-state index >= 15 is 0 Å². The molecule has 0 heterocycles. The van der Waals surface area contributed by atoms with E-state index in [0.717, 1.165) is 12.8 Å². The lowest BCUT2D eigenvalue weighted by atomic mass is 10.0. The summed E-state index contributed by atoms with van der Waals surface area (Å²) >= 11 is 0. The number of hydrogen-bond acceptors (Lipinski definition) is 3. The molecule has 21 heavy (non-hydrogen) atoms. The van der Waals surface area contributed by atoms with Gasteiger partial charge in [-0.2, -0.15) is 0 Å².